The smallest absolute Gasteiger partial charge is 0.136 e. The topological polar surface area (TPSA) is 64.9 Å². The molecule has 0 aliphatic heterocycles. The Balaban J connectivity index is 1.87. The Labute approximate surface area is 147 Å². The molecular weight excluding hydrogens is 314 g/mol. The standard InChI is InChI=1S/C19H23N5O/c1-19(2,3)18-22-14(13-25-4)10-17(23-18)21-15-11-20-24(12-15)16-8-6-5-7-9-16/h5-12H,13H2,1-4H3,(H,21,22,23). The molecule has 6 nitrogen and oxygen atoms in total. The second kappa shape index (κ2) is 7.03. The average molecular weight is 337 g/mol. The summed E-state index contributed by atoms with van der Waals surface area (Å²) < 4.78 is 7.05. The van der Waals surface area contributed by atoms with Crippen LogP contribution in [-0.2, 0) is 16.8 Å². The molecule has 0 amide bonds. The van der Waals surface area contributed by atoms with Gasteiger partial charge in [0.25, 0.3) is 0 Å². The lowest BCUT2D eigenvalue weighted by atomic mass is 9.95. The van der Waals surface area contributed by atoms with E-state index in [0.717, 1.165) is 28.7 Å². The normalized spacial score (nSPS) is 11.5. The molecule has 0 saturated carbocycles. The van der Waals surface area contributed by atoms with Gasteiger partial charge in [-0.25, -0.2) is 14.6 Å². The Morgan fingerprint density at radius 2 is 1.88 bits per heavy atom. The molecule has 2 heterocycles. The number of rotatable bonds is 5. The molecule has 0 unspecified atom stereocenters. The summed E-state index contributed by atoms with van der Waals surface area (Å²) in [5.74, 6) is 1.51. The molecule has 0 atom stereocenters. The minimum Gasteiger partial charge on any atom is -0.378 e. The van der Waals surface area contributed by atoms with Crippen LogP contribution in [0.3, 0.4) is 0 Å². The number of nitrogens with one attached hydrogen (secondary N) is 1. The van der Waals surface area contributed by atoms with Crippen LogP contribution in [0.2, 0.25) is 0 Å². The average Bonchev–Trinajstić information content (AvgIpc) is 3.03. The maximum Gasteiger partial charge on any atom is 0.136 e. The first-order valence-corrected chi connectivity index (χ1v) is 8.20. The van der Waals surface area contributed by atoms with Gasteiger partial charge in [0.2, 0.25) is 0 Å². The van der Waals surface area contributed by atoms with Crippen molar-refractivity contribution in [2.75, 3.05) is 12.4 Å². The zero-order chi connectivity index (χ0) is 17.9. The summed E-state index contributed by atoms with van der Waals surface area (Å²) in [6.45, 7) is 6.73. The molecule has 0 aliphatic carbocycles. The van der Waals surface area contributed by atoms with Gasteiger partial charge in [0.05, 0.1) is 36.1 Å². The minimum atomic E-state index is -0.144. The van der Waals surface area contributed by atoms with Crippen molar-refractivity contribution in [1.29, 1.82) is 0 Å². The second-order valence-corrected chi connectivity index (χ2v) is 6.89. The molecule has 0 radical (unpaired) electrons. The van der Waals surface area contributed by atoms with E-state index in [1.807, 2.05) is 47.3 Å². The number of hydrogen-bond donors (Lipinski definition) is 1. The molecule has 0 aliphatic rings. The van der Waals surface area contributed by atoms with E-state index in [4.69, 9.17) is 4.74 Å². The summed E-state index contributed by atoms with van der Waals surface area (Å²) in [4.78, 5) is 9.24. The van der Waals surface area contributed by atoms with Gasteiger partial charge in [-0.15, -0.1) is 0 Å². The van der Waals surface area contributed by atoms with Gasteiger partial charge in [-0.05, 0) is 12.1 Å². The fourth-order valence-corrected chi connectivity index (χ4v) is 2.38. The molecule has 3 aromatic rings. The number of aromatic nitrogens is 4. The van der Waals surface area contributed by atoms with Gasteiger partial charge < -0.3 is 10.1 Å². The maximum absolute atomic E-state index is 5.23. The lowest BCUT2D eigenvalue weighted by Gasteiger charge is -2.18. The van der Waals surface area contributed by atoms with E-state index in [1.54, 1.807) is 13.3 Å². The Morgan fingerprint density at radius 1 is 1.12 bits per heavy atom. The van der Waals surface area contributed by atoms with E-state index in [0.29, 0.717) is 6.61 Å². The first-order chi connectivity index (χ1) is 12.0. The van der Waals surface area contributed by atoms with Crippen LogP contribution in [0.4, 0.5) is 11.5 Å². The molecule has 0 bridgehead atoms. The van der Waals surface area contributed by atoms with E-state index < -0.39 is 0 Å². The Morgan fingerprint density at radius 3 is 2.56 bits per heavy atom. The second-order valence-electron chi connectivity index (χ2n) is 6.89. The molecule has 1 aromatic carbocycles. The van der Waals surface area contributed by atoms with Gasteiger partial charge in [-0.2, -0.15) is 5.10 Å². The highest BCUT2D eigenvalue weighted by Crippen LogP contribution is 2.23. The first kappa shape index (κ1) is 17.1. The predicted molar refractivity (Wildman–Crippen MR) is 98.3 cm³/mol. The van der Waals surface area contributed by atoms with Crippen molar-refractivity contribution in [2.24, 2.45) is 0 Å². The van der Waals surface area contributed by atoms with Crippen molar-refractivity contribution in [3.05, 3.63) is 60.3 Å². The molecule has 0 fully saturated rings. The van der Waals surface area contributed by atoms with Crippen LogP contribution in [0.15, 0.2) is 48.8 Å². The lowest BCUT2D eigenvalue weighted by molar-refractivity contribution is 0.181. The van der Waals surface area contributed by atoms with Crippen molar-refractivity contribution in [1.82, 2.24) is 19.7 Å². The van der Waals surface area contributed by atoms with Crippen molar-refractivity contribution >= 4 is 11.5 Å². The van der Waals surface area contributed by atoms with Crippen molar-refractivity contribution in [3.63, 3.8) is 0 Å². The fraction of sp³-hybridized carbons (Fsp3) is 0.316. The summed E-state index contributed by atoms with van der Waals surface area (Å²) in [6.07, 6.45) is 3.71. The Bertz CT molecular complexity index is 837. The fourth-order valence-electron chi connectivity index (χ4n) is 2.38. The Hall–Kier alpha value is -2.73. The third-order valence-electron chi connectivity index (χ3n) is 3.62. The number of anilines is 2. The van der Waals surface area contributed by atoms with Crippen LogP contribution in [0.25, 0.3) is 5.69 Å². The third-order valence-corrected chi connectivity index (χ3v) is 3.62. The SMILES string of the molecule is COCc1cc(Nc2cnn(-c3ccccc3)c2)nc(C(C)(C)C)n1. The highest BCUT2D eigenvalue weighted by atomic mass is 16.5. The zero-order valence-corrected chi connectivity index (χ0v) is 15.0. The summed E-state index contributed by atoms with van der Waals surface area (Å²) in [6, 6.07) is 11.9. The predicted octanol–water partition coefficient (Wildman–Crippen LogP) is 3.85. The van der Waals surface area contributed by atoms with E-state index in [9.17, 15) is 0 Å². The quantitative estimate of drug-likeness (QED) is 0.766. The molecule has 0 spiro atoms. The highest BCUT2D eigenvalue weighted by Gasteiger charge is 2.19. The third kappa shape index (κ3) is 4.22. The van der Waals surface area contributed by atoms with Gasteiger partial charge in [-0.3, -0.25) is 0 Å². The lowest BCUT2D eigenvalue weighted by Crippen LogP contribution is -2.18. The van der Waals surface area contributed by atoms with Crippen LogP contribution in [0.1, 0.15) is 32.3 Å². The minimum absolute atomic E-state index is 0.144. The van der Waals surface area contributed by atoms with E-state index >= 15 is 0 Å². The number of methoxy groups -OCH3 is 1. The summed E-state index contributed by atoms with van der Waals surface area (Å²) >= 11 is 0. The van der Waals surface area contributed by atoms with E-state index in [2.05, 4.69) is 41.2 Å². The van der Waals surface area contributed by atoms with E-state index in [1.165, 1.54) is 0 Å². The largest absolute Gasteiger partial charge is 0.378 e. The molecule has 0 saturated heterocycles. The van der Waals surface area contributed by atoms with Crippen molar-refractivity contribution in [2.45, 2.75) is 32.8 Å². The molecular formula is C19H23N5O. The molecule has 2 aromatic heterocycles. The number of hydrogen-bond acceptors (Lipinski definition) is 5. The van der Waals surface area contributed by atoms with Crippen molar-refractivity contribution in [3.8, 4) is 5.69 Å². The maximum atomic E-state index is 5.23. The van der Waals surface area contributed by atoms with Gasteiger partial charge in [-0.1, -0.05) is 39.0 Å². The Kier molecular flexibility index (Phi) is 4.81. The van der Waals surface area contributed by atoms with Crippen LogP contribution in [-0.4, -0.2) is 26.9 Å². The van der Waals surface area contributed by atoms with Gasteiger partial charge in [0.1, 0.15) is 11.6 Å². The van der Waals surface area contributed by atoms with Crippen LogP contribution in [0, 0.1) is 0 Å². The van der Waals surface area contributed by atoms with E-state index in [-0.39, 0.29) is 5.41 Å². The van der Waals surface area contributed by atoms with Gasteiger partial charge in [0.15, 0.2) is 0 Å². The molecule has 25 heavy (non-hydrogen) atoms. The monoisotopic (exact) mass is 337 g/mol. The van der Waals surface area contributed by atoms with Gasteiger partial charge >= 0.3 is 0 Å². The van der Waals surface area contributed by atoms with Gasteiger partial charge in [0, 0.05) is 18.6 Å². The number of para-hydroxylation sites is 1. The number of nitrogens with zero attached hydrogens (tertiary/aromatic N) is 4. The summed E-state index contributed by atoms with van der Waals surface area (Å²) in [5.41, 5.74) is 2.58. The molecule has 6 heteroatoms. The molecule has 130 valence electrons. The van der Waals surface area contributed by atoms with Crippen LogP contribution < -0.4 is 5.32 Å². The van der Waals surface area contributed by atoms with Crippen molar-refractivity contribution < 1.29 is 4.74 Å². The molecule has 3 rings (SSSR count). The highest BCUT2D eigenvalue weighted by molar-refractivity contribution is 5.55. The van der Waals surface area contributed by atoms with Crippen LogP contribution >= 0.6 is 0 Å². The zero-order valence-electron chi connectivity index (χ0n) is 15.0. The summed E-state index contributed by atoms with van der Waals surface area (Å²) in [5, 5.41) is 7.71. The number of benzene rings is 1. The summed E-state index contributed by atoms with van der Waals surface area (Å²) in [7, 11) is 1.66. The first-order valence-electron chi connectivity index (χ1n) is 8.20. The number of ether oxygens (including phenoxy) is 1. The molecule has 1 N–H and O–H groups in total. The van der Waals surface area contributed by atoms with Crippen LogP contribution in [0.5, 0.6) is 0 Å².